The molecule has 0 fully saturated rings. The number of rotatable bonds is 6. The van der Waals surface area contributed by atoms with Gasteiger partial charge >= 0.3 is 0 Å². The van der Waals surface area contributed by atoms with Gasteiger partial charge in [0.25, 0.3) is 5.69 Å². The molecule has 0 aliphatic rings. The van der Waals surface area contributed by atoms with Crippen LogP contribution in [0.4, 0.5) is 20.2 Å². The van der Waals surface area contributed by atoms with Crippen molar-refractivity contribution in [1.82, 2.24) is 0 Å². The maximum Gasteiger partial charge on any atom is 0.295 e. The molecule has 0 heterocycles. The Bertz CT molecular complexity index is 436. The van der Waals surface area contributed by atoms with Gasteiger partial charge in [0, 0.05) is 12.6 Å². The van der Waals surface area contributed by atoms with Crippen LogP contribution < -0.4 is 5.32 Å². The third-order valence-corrected chi connectivity index (χ3v) is 2.53. The Labute approximate surface area is 104 Å². The van der Waals surface area contributed by atoms with Crippen LogP contribution in [0.1, 0.15) is 26.7 Å². The van der Waals surface area contributed by atoms with Crippen molar-refractivity contribution in [1.29, 1.82) is 0 Å². The molecule has 0 aliphatic carbocycles. The molecule has 0 aromatic heterocycles. The highest BCUT2D eigenvalue weighted by atomic mass is 19.2. The van der Waals surface area contributed by atoms with Crippen LogP contribution in [0, 0.1) is 27.7 Å². The minimum absolute atomic E-state index is 0.372. The molecule has 18 heavy (non-hydrogen) atoms. The van der Waals surface area contributed by atoms with Crippen molar-refractivity contribution in [3.8, 4) is 0 Å². The van der Waals surface area contributed by atoms with Crippen molar-refractivity contribution >= 4 is 11.4 Å². The minimum Gasteiger partial charge on any atom is -0.377 e. The monoisotopic (exact) mass is 258 g/mol. The van der Waals surface area contributed by atoms with E-state index in [0.717, 1.165) is 25.0 Å². The van der Waals surface area contributed by atoms with Crippen LogP contribution in [0.15, 0.2) is 12.1 Å². The Kier molecular flexibility index (Phi) is 5.00. The van der Waals surface area contributed by atoms with Crippen LogP contribution in [0.25, 0.3) is 0 Å². The minimum atomic E-state index is -1.20. The van der Waals surface area contributed by atoms with Crippen LogP contribution in [0.5, 0.6) is 0 Å². The van der Waals surface area contributed by atoms with Gasteiger partial charge in [-0.3, -0.25) is 10.1 Å². The quantitative estimate of drug-likeness (QED) is 0.480. The summed E-state index contributed by atoms with van der Waals surface area (Å²) in [6, 6.07) is 1.72. The molecule has 0 amide bonds. The Morgan fingerprint density at radius 2 is 2.06 bits per heavy atom. The molecule has 0 bridgehead atoms. The van der Waals surface area contributed by atoms with Crippen LogP contribution in [-0.2, 0) is 0 Å². The molecule has 1 rings (SSSR count). The van der Waals surface area contributed by atoms with E-state index in [2.05, 4.69) is 5.32 Å². The van der Waals surface area contributed by atoms with Crippen LogP contribution in [-0.4, -0.2) is 11.5 Å². The van der Waals surface area contributed by atoms with E-state index < -0.39 is 22.2 Å². The maximum absolute atomic E-state index is 13.5. The SMILES string of the molecule is CC(C)CCCNc1c([N+](=O)[O-])ccc(F)c1F. The number of benzene rings is 1. The maximum atomic E-state index is 13.5. The topological polar surface area (TPSA) is 55.2 Å². The second-order valence-corrected chi connectivity index (χ2v) is 4.48. The summed E-state index contributed by atoms with van der Waals surface area (Å²) in [7, 11) is 0. The first kappa shape index (κ1) is 14.3. The molecule has 0 saturated carbocycles. The van der Waals surface area contributed by atoms with Gasteiger partial charge in [-0.25, -0.2) is 8.78 Å². The highest BCUT2D eigenvalue weighted by Gasteiger charge is 2.20. The normalized spacial score (nSPS) is 10.7. The molecule has 1 aromatic carbocycles. The van der Waals surface area contributed by atoms with E-state index in [4.69, 9.17) is 0 Å². The number of hydrogen-bond acceptors (Lipinski definition) is 3. The van der Waals surface area contributed by atoms with E-state index in [1.807, 2.05) is 13.8 Å². The number of nitrogens with zero attached hydrogens (tertiary/aromatic N) is 1. The average Bonchev–Trinajstić information content (AvgIpc) is 2.29. The summed E-state index contributed by atoms with van der Waals surface area (Å²) < 4.78 is 26.5. The molecule has 0 unspecified atom stereocenters. The molecule has 100 valence electrons. The van der Waals surface area contributed by atoms with Crippen LogP contribution in [0.3, 0.4) is 0 Å². The lowest BCUT2D eigenvalue weighted by Gasteiger charge is -2.09. The lowest BCUT2D eigenvalue weighted by Crippen LogP contribution is -2.08. The molecular weight excluding hydrogens is 242 g/mol. The Morgan fingerprint density at radius 3 is 2.61 bits per heavy atom. The van der Waals surface area contributed by atoms with Crippen molar-refractivity contribution in [3.05, 3.63) is 33.9 Å². The molecule has 1 aromatic rings. The van der Waals surface area contributed by atoms with E-state index in [-0.39, 0.29) is 5.69 Å². The molecule has 0 saturated heterocycles. The average molecular weight is 258 g/mol. The second kappa shape index (κ2) is 6.28. The van der Waals surface area contributed by atoms with Gasteiger partial charge in [0.05, 0.1) is 4.92 Å². The fraction of sp³-hybridized carbons (Fsp3) is 0.500. The van der Waals surface area contributed by atoms with E-state index in [1.54, 1.807) is 0 Å². The molecule has 0 aliphatic heterocycles. The number of nitro benzene ring substituents is 1. The predicted octanol–water partition coefficient (Wildman–Crippen LogP) is 3.72. The number of anilines is 1. The molecule has 4 nitrogen and oxygen atoms in total. The summed E-state index contributed by atoms with van der Waals surface area (Å²) in [4.78, 5) is 9.97. The highest BCUT2D eigenvalue weighted by Crippen LogP contribution is 2.29. The van der Waals surface area contributed by atoms with Crippen molar-refractivity contribution in [2.24, 2.45) is 5.92 Å². The smallest absolute Gasteiger partial charge is 0.295 e. The number of nitro groups is 1. The van der Waals surface area contributed by atoms with Crippen LogP contribution >= 0.6 is 0 Å². The van der Waals surface area contributed by atoms with Gasteiger partial charge in [0.2, 0.25) is 0 Å². The van der Waals surface area contributed by atoms with Crippen LogP contribution in [0.2, 0.25) is 0 Å². The zero-order valence-electron chi connectivity index (χ0n) is 10.4. The van der Waals surface area contributed by atoms with Crippen molar-refractivity contribution < 1.29 is 13.7 Å². The summed E-state index contributed by atoms with van der Waals surface area (Å²) in [5.74, 6) is -1.79. The van der Waals surface area contributed by atoms with Crippen molar-refractivity contribution in [2.45, 2.75) is 26.7 Å². The van der Waals surface area contributed by atoms with Gasteiger partial charge in [-0.15, -0.1) is 0 Å². The molecule has 0 atom stereocenters. The Morgan fingerprint density at radius 1 is 1.39 bits per heavy atom. The number of nitrogens with one attached hydrogen (secondary N) is 1. The zero-order chi connectivity index (χ0) is 13.7. The summed E-state index contributed by atoms with van der Waals surface area (Å²) in [6.45, 7) is 4.47. The standard InChI is InChI=1S/C12H16F2N2O2/c1-8(2)4-3-7-15-12-10(16(17)18)6-5-9(13)11(12)14/h5-6,8,15H,3-4,7H2,1-2H3. The van der Waals surface area contributed by atoms with Gasteiger partial charge < -0.3 is 5.32 Å². The van der Waals surface area contributed by atoms with E-state index in [0.29, 0.717) is 12.5 Å². The molecular formula is C12H16F2N2O2. The highest BCUT2D eigenvalue weighted by molar-refractivity contribution is 5.62. The van der Waals surface area contributed by atoms with Gasteiger partial charge in [0.1, 0.15) is 0 Å². The zero-order valence-corrected chi connectivity index (χ0v) is 10.4. The van der Waals surface area contributed by atoms with E-state index in [1.165, 1.54) is 0 Å². The van der Waals surface area contributed by atoms with E-state index >= 15 is 0 Å². The van der Waals surface area contributed by atoms with Crippen molar-refractivity contribution in [2.75, 3.05) is 11.9 Å². The third kappa shape index (κ3) is 3.65. The lowest BCUT2D eigenvalue weighted by molar-refractivity contribution is -0.384. The number of halogens is 2. The van der Waals surface area contributed by atoms with Crippen molar-refractivity contribution in [3.63, 3.8) is 0 Å². The number of hydrogen-bond donors (Lipinski definition) is 1. The lowest BCUT2D eigenvalue weighted by atomic mass is 10.1. The summed E-state index contributed by atoms with van der Waals surface area (Å²) >= 11 is 0. The Hall–Kier alpha value is -1.72. The summed E-state index contributed by atoms with van der Waals surface area (Å²) in [5.41, 5.74) is -0.817. The summed E-state index contributed by atoms with van der Waals surface area (Å²) in [5, 5.41) is 13.3. The first-order chi connectivity index (χ1) is 8.43. The fourth-order valence-electron chi connectivity index (χ4n) is 1.58. The van der Waals surface area contributed by atoms with E-state index in [9.17, 15) is 18.9 Å². The van der Waals surface area contributed by atoms with Gasteiger partial charge in [-0.2, -0.15) is 0 Å². The Balaban J connectivity index is 2.79. The largest absolute Gasteiger partial charge is 0.377 e. The van der Waals surface area contributed by atoms with Gasteiger partial charge in [-0.05, 0) is 24.8 Å². The van der Waals surface area contributed by atoms with Gasteiger partial charge in [-0.1, -0.05) is 13.8 Å². The first-order valence-electron chi connectivity index (χ1n) is 5.79. The molecule has 0 radical (unpaired) electrons. The second-order valence-electron chi connectivity index (χ2n) is 4.48. The molecule has 6 heteroatoms. The summed E-state index contributed by atoms with van der Waals surface area (Å²) in [6.07, 6.45) is 1.66. The fourth-order valence-corrected chi connectivity index (χ4v) is 1.58. The predicted molar refractivity (Wildman–Crippen MR) is 65.6 cm³/mol. The first-order valence-corrected chi connectivity index (χ1v) is 5.79. The van der Waals surface area contributed by atoms with Gasteiger partial charge in [0.15, 0.2) is 17.3 Å². The molecule has 1 N–H and O–H groups in total. The third-order valence-electron chi connectivity index (χ3n) is 2.53. The molecule has 0 spiro atoms.